The summed E-state index contributed by atoms with van der Waals surface area (Å²) in [6.45, 7) is 4.08. The molecule has 0 saturated heterocycles. The van der Waals surface area contributed by atoms with Gasteiger partial charge in [0.15, 0.2) is 0 Å². The molecule has 1 spiro atoms. The van der Waals surface area contributed by atoms with Crippen LogP contribution >= 0.6 is 0 Å². The molecule has 2 aliphatic rings. The molecule has 0 aliphatic heterocycles. The Morgan fingerprint density at radius 1 is 1.26 bits per heavy atom. The van der Waals surface area contributed by atoms with Gasteiger partial charge < -0.3 is 15.8 Å². The number of primary amides is 1. The minimum absolute atomic E-state index is 0.00515. The van der Waals surface area contributed by atoms with Gasteiger partial charge in [0.1, 0.15) is 11.7 Å². The monoisotopic (exact) mass is 418 g/mol. The fraction of sp³-hybridized carbons (Fsp3) is 0.417. The van der Waals surface area contributed by atoms with E-state index in [1.165, 1.54) is 0 Å². The average molecular weight is 418 g/mol. The van der Waals surface area contributed by atoms with Gasteiger partial charge in [0.05, 0.1) is 11.6 Å². The van der Waals surface area contributed by atoms with Crippen molar-refractivity contribution in [3.63, 3.8) is 0 Å². The highest BCUT2D eigenvalue weighted by molar-refractivity contribution is 5.95. The summed E-state index contributed by atoms with van der Waals surface area (Å²) in [6, 6.07) is 10.9. The minimum Gasteiger partial charge on any atom is -0.474 e. The van der Waals surface area contributed by atoms with Gasteiger partial charge >= 0.3 is 0 Å². The van der Waals surface area contributed by atoms with Crippen LogP contribution in [0.3, 0.4) is 0 Å². The molecule has 0 atom stereocenters. The quantitative estimate of drug-likeness (QED) is 0.746. The van der Waals surface area contributed by atoms with Crippen molar-refractivity contribution in [2.75, 3.05) is 0 Å². The third-order valence-electron chi connectivity index (χ3n) is 6.34. The number of aromatic nitrogens is 1. The maximum absolute atomic E-state index is 12.7. The largest absolute Gasteiger partial charge is 0.474 e. The third kappa shape index (κ3) is 4.24. The van der Waals surface area contributed by atoms with Crippen LogP contribution in [-0.4, -0.2) is 28.9 Å². The van der Waals surface area contributed by atoms with E-state index in [1.807, 2.05) is 26.0 Å². The maximum Gasteiger partial charge on any atom is 0.254 e. The Labute approximate surface area is 181 Å². The maximum atomic E-state index is 12.7. The summed E-state index contributed by atoms with van der Waals surface area (Å²) in [6.07, 6.45) is 5.13. The molecule has 2 aromatic rings. The van der Waals surface area contributed by atoms with Crippen LogP contribution in [0.15, 0.2) is 36.5 Å². The number of benzene rings is 1. The fourth-order valence-electron chi connectivity index (χ4n) is 4.69. The van der Waals surface area contributed by atoms with E-state index in [0.717, 1.165) is 31.2 Å². The number of hydrogen-bond donors (Lipinski definition) is 2. The smallest absolute Gasteiger partial charge is 0.254 e. The molecule has 7 nitrogen and oxygen atoms in total. The van der Waals surface area contributed by atoms with Crippen molar-refractivity contribution in [2.24, 2.45) is 11.1 Å². The molecule has 2 fully saturated rings. The zero-order chi connectivity index (χ0) is 22.2. The van der Waals surface area contributed by atoms with Gasteiger partial charge in [-0.25, -0.2) is 4.98 Å². The van der Waals surface area contributed by atoms with Crippen molar-refractivity contribution >= 4 is 11.8 Å². The van der Waals surface area contributed by atoms with Crippen LogP contribution < -0.4 is 15.8 Å². The zero-order valence-electron chi connectivity index (χ0n) is 17.7. The first-order valence-electron chi connectivity index (χ1n) is 10.6. The van der Waals surface area contributed by atoms with Crippen molar-refractivity contribution in [2.45, 2.75) is 57.6 Å². The lowest BCUT2D eigenvalue weighted by Gasteiger charge is -2.57. The number of nitriles is 1. The summed E-state index contributed by atoms with van der Waals surface area (Å²) in [5.74, 6) is -0.152. The lowest BCUT2D eigenvalue weighted by Crippen LogP contribution is -2.58. The molecule has 160 valence electrons. The summed E-state index contributed by atoms with van der Waals surface area (Å²) in [5.41, 5.74) is 7.88. The lowest BCUT2D eigenvalue weighted by atomic mass is 9.53. The third-order valence-corrected chi connectivity index (χ3v) is 6.34. The first kappa shape index (κ1) is 20.9. The number of carbonyl (C=O) groups is 2. The fourth-order valence-corrected chi connectivity index (χ4v) is 4.69. The first-order chi connectivity index (χ1) is 14.8. The molecule has 3 N–H and O–H groups in total. The first-order valence-corrected chi connectivity index (χ1v) is 10.6. The van der Waals surface area contributed by atoms with Crippen molar-refractivity contribution in [1.29, 1.82) is 5.26 Å². The predicted octanol–water partition coefficient (Wildman–Crippen LogP) is 3.30. The van der Waals surface area contributed by atoms with Crippen molar-refractivity contribution < 1.29 is 14.3 Å². The molecular formula is C24H26N4O3. The summed E-state index contributed by atoms with van der Waals surface area (Å²) >= 11 is 0. The van der Waals surface area contributed by atoms with E-state index in [4.69, 9.17) is 10.5 Å². The number of ether oxygens (including phenoxy) is 1. The molecule has 1 aromatic heterocycles. The standard InChI is InChI=1S/C24H26N4O3/c1-14(2)16-6-15(13-25)7-17(8-16)22(30)28-18-9-24(10-18)11-19(12-24)31-23-20(21(26)29)4-3-5-27-23/h3-8,14,18-19H,9-12H2,1-2H3,(H2,26,29)(H,28,30)/t18-,19-,24?. The van der Waals surface area contributed by atoms with Gasteiger partial charge in [0.2, 0.25) is 5.88 Å². The number of hydrogen-bond acceptors (Lipinski definition) is 5. The second-order valence-corrected chi connectivity index (χ2v) is 9.06. The molecule has 2 aliphatic carbocycles. The highest BCUT2D eigenvalue weighted by Crippen LogP contribution is 2.56. The van der Waals surface area contributed by atoms with Crippen LogP contribution in [-0.2, 0) is 0 Å². The van der Waals surface area contributed by atoms with Crippen LogP contribution in [0.2, 0.25) is 0 Å². The molecule has 0 bridgehead atoms. The summed E-state index contributed by atoms with van der Waals surface area (Å²) in [7, 11) is 0. The summed E-state index contributed by atoms with van der Waals surface area (Å²) < 4.78 is 5.89. The zero-order valence-corrected chi connectivity index (χ0v) is 17.7. The van der Waals surface area contributed by atoms with E-state index in [0.29, 0.717) is 16.7 Å². The van der Waals surface area contributed by atoms with Crippen LogP contribution in [0, 0.1) is 16.7 Å². The van der Waals surface area contributed by atoms with Crippen molar-refractivity contribution in [3.05, 3.63) is 58.8 Å². The van der Waals surface area contributed by atoms with Gasteiger partial charge in [-0.15, -0.1) is 0 Å². The van der Waals surface area contributed by atoms with Gasteiger partial charge in [-0.1, -0.05) is 13.8 Å². The van der Waals surface area contributed by atoms with Gasteiger partial charge in [-0.2, -0.15) is 5.26 Å². The van der Waals surface area contributed by atoms with Crippen LogP contribution in [0.1, 0.15) is 77.3 Å². The lowest BCUT2D eigenvalue weighted by molar-refractivity contribution is -0.0848. The minimum atomic E-state index is -0.551. The SMILES string of the molecule is CC(C)c1cc(C#N)cc(C(=O)N[C@H]2CC3(C2)C[C@H](Oc2ncccc2C(N)=O)C3)c1. The molecule has 0 radical (unpaired) electrons. The molecule has 2 amide bonds. The van der Waals surface area contributed by atoms with Crippen LogP contribution in [0.4, 0.5) is 0 Å². The number of nitrogens with one attached hydrogen (secondary N) is 1. The molecule has 0 unspecified atom stereocenters. The Balaban J connectivity index is 1.30. The van der Waals surface area contributed by atoms with E-state index in [-0.39, 0.29) is 35.3 Å². The van der Waals surface area contributed by atoms with E-state index >= 15 is 0 Å². The Hall–Kier alpha value is -3.40. The van der Waals surface area contributed by atoms with Crippen molar-refractivity contribution in [1.82, 2.24) is 10.3 Å². The topological polar surface area (TPSA) is 118 Å². The number of rotatable bonds is 6. The number of nitrogens with two attached hydrogens (primary N) is 1. The molecule has 1 heterocycles. The number of nitrogens with zero attached hydrogens (tertiary/aromatic N) is 2. The highest BCUT2D eigenvalue weighted by Gasteiger charge is 2.54. The molecule has 4 rings (SSSR count). The van der Waals surface area contributed by atoms with Gasteiger partial charge in [-0.3, -0.25) is 9.59 Å². The number of pyridine rings is 1. The second kappa shape index (κ2) is 8.03. The average Bonchev–Trinajstić information content (AvgIpc) is 2.70. The van der Waals surface area contributed by atoms with Crippen molar-refractivity contribution in [3.8, 4) is 11.9 Å². The molecule has 31 heavy (non-hydrogen) atoms. The Morgan fingerprint density at radius 2 is 2.00 bits per heavy atom. The summed E-state index contributed by atoms with van der Waals surface area (Å²) in [4.78, 5) is 28.4. The Bertz CT molecular complexity index is 1060. The predicted molar refractivity (Wildman–Crippen MR) is 115 cm³/mol. The molecule has 7 heteroatoms. The van der Waals surface area contributed by atoms with E-state index < -0.39 is 5.91 Å². The second-order valence-electron chi connectivity index (χ2n) is 9.06. The van der Waals surface area contributed by atoms with E-state index in [9.17, 15) is 14.9 Å². The molecule has 2 saturated carbocycles. The Morgan fingerprint density at radius 3 is 2.65 bits per heavy atom. The van der Waals surface area contributed by atoms with Crippen LogP contribution in [0.5, 0.6) is 5.88 Å². The summed E-state index contributed by atoms with van der Waals surface area (Å²) in [5, 5.41) is 12.4. The van der Waals surface area contributed by atoms with E-state index in [1.54, 1.807) is 24.4 Å². The molecule has 1 aromatic carbocycles. The highest BCUT2D eigenvalue weighted by atomic mass is 16.5. The number of carbonyl (C=O) groups excluding carboxylic acids is 2. The van der Waals surface area contributed by atoms with Crippen LogP contribution in [0.25, 0.3) is 0 Å². The number of amides is 2. The van der Waals surface area contributed by atoms with E-state index in [2.05, 4.69) is 16.4 Å². The van der Waals surface area contributed by atoms with Gasteiger partial charge in [0, 0.05) is 17.8 Å². The Kier molecular flexibility index (Phi) is 5.40. The van der Waals surface area contributed by atoms with Gasteiger partial charge in [-0.05, 0) is 72.9 Å². The van der Waals surface area contributed by atoms with Gasteiger partial charge in [0.25, 0.3) is 11.8 Å². The molecular weight excluding hydrogens is 392 g/mol. The normalized spacial score (nSPS) is 24.1.